The molecular formula is C24H28F3NO7S. The highest BCUT2D eigenvalue weighted by atomic mass is 32.2. The molecule has 0 amide bonds. The monoisotopic (exact) mass is 531 g/mol. The Bertz CT molecular complexity index is 1210. The quantitative estimate of drug-likeness (QED) is 0.468. The molecule has 3 heterocycles. The topological polar surface area (TPSA) is 94.5 Å². The van der Waals surface area contributed by atoms with Gasteiger partial charge in [-0.05, 0) is 56.2 Å². The van der Waals surface area contributed by atoms with Crippen LogP contribution in [-0.4, -0.2) is 73.8 Å². The number of likely N-dealkylation sites (tertiary alicyclic amines) is 1. The predicted octanol–water partition coefficient (Wildman–Crippen LogP) is 2.61. The number of benzene rings is 1. The van der Waals surface area contributed by atoms with Gasteiger partial charge < -0.3 is 23.5 Å². The van der Waals surface area contributed by atoms with Crippen LogP contribution in [0.1, 0.15) is 49.7 Å². The number of rotatable bonds is 4. The maximum atomic E-state index is 13.2. The molecule has 0 aromatic heterocycles. The summed E-state index contributed by atoms with van der Waals surface area (Å²) in [7, 11) is -5.91. The van der Waals surface area contributed by atoms with E-state index in [0.29, 0.717) is 56.9 Å². The van der Waals surface area contributed by atoms with Crippen molar-refractivity contribution in [3.8, 4) is 11.5 Å². The first-order valence-corrected chi connectivity index (χ1v) is 14.0. The maximum absolute atomic E-state index is 13.2. The molecule has 7 rings (SSSR count). The molecule has 1 N–H and O–H groups in total. The van der Waals surface area contributed by atoms with Crippen molar-refractivity contribution in [3.05, 3.63) is 23.3 Å². The van der Waals surface area contributed by atoms with Gasteiger partial charge >= 0.3 is 15.6 Å². The van der Waals surface area contributed by atoms with Gasteiger partial charge in [-0.15, -0.1) is 0 Å². The van der Waals surface area contributed by atoms with E-state index in [1.807, 2.05) is 0 Å². The molecule has 2 bridgehead atoms. The van der Waals surface area contributed by atoms with E-state index in [-0.39, 0.29) is 11.8 Å². The summed E-state index contributed by atoms with van der Waals surface area (Å²) in [6, 6.07) is 2.65. The van der Waals surface area contributed by atoms with Crippen molar-refractivity contribution in [2.75, 3.05) is 26.3 Å². The normalized spacial score (nSPS) is 36.9. The first-order valence-electron chi connectivity index (χ1n) is 12.6. The average molecular weight is 532 g/mol. The van der Waals surface area contributed by atoms with Gasteiger partial charge in [0, 0.05) is 24.6 Å². The molecule has 0 radical (unpaired) electrons. The molecular weight excluding hydrogens is 503 g/mol. The van der Waals surface area contributed by atoms with Crippen molar-refractivity contribution >= 4 is 10.1 Å². The number of alkyl halides is 3. The maximum Gasteiger partial charge on any atom is 0.534 e. The Morgan fingerprint density at radius 3 is 2.56 bits per heavy atom. The molecule has 4 fully saturated rings. The zero-order valence-electron chi connectivity index (χ0n) is 19.6. The smallest absolute Gasteiger partial charge is 0.479 e. The fourth-order valence-corrected chi connectivity index (χ4v) is 8.26. The molecule has 2 saturated carbocycles. The Morgan fingerprint density at radius 2 is 1.89 bits per heavy atom. The van der Waals surface area contributed by atoms with Gasteiger partial charge in [0.05, 0.1) is 24.2 Å². The summed E-state index contributed by atoms with van der Waals surface area (Å²) in [6.07, 6.45) is 4.46. The number of hydrogen-bond donors (Lipinski definition) is 1. The lowest BCUT2D eigenvalue weighted by Gasteiger charge is -2.65. The highest BCUT2D eigenvalue weighted by Gasteiger charge is 2.77. The second-order valence-corrected chi connectivity index (χ2v) is 12.6. The van der Waals surface area contributed by atoms with Crippen LogP contribution in [0, 0.1) is 5.92 Å². The third kappa shape index (κ3) is 2.82. The Kier molecular flexibility index (Phi) is 4.75. The number of halogens is 3. The number of aliphatic hydroxyl groups is 1. The van der Waals surface area contributed by atoms with Crippen LogP contribution in [0.2, 0.25) is 0 Å². The number of nitrogens with zero attached hydrogens (tertiary/aromatic N) is 1. The minimum atomic E-state index is -5.91. The summed E-state index contributed by atoms with van der Waals surface area (Å²) < 4.78 is 86.4. The molecule has 3 aliphatic carbocycles. The third-order valence-electron chi connectivity index (χ3n) is 9.54. The van der Waals surface area contributed by atoms with Crippen LogP contribution in [0.3, 0.4) is 0 Å². The fourth-order valence-electron chi connectivity index (χ4n) is 7.80. The molecule has 1 aromatic rings. The number of fused-ring (bicyclic) bond motifs is 1. The van der Waals surface area contributed by atoms with E-state index in [0.717, 1.165) is 12.1 Å². The molecule has 2 saturated heterocycles. The lowest BCUT2D eigenvalue weighted by molar-refractivity contribution is -0.297. The summed E-state index contributed by atoms with van der Waals surface area (Å²) in [5.41, 5.74) is -6.47. The average Bonchev–Trinajstić information content (AvgIpc) is 3.38. The molecule has 2 unspecified atom stereocenters. The molecule has 12 heteroatoms. The highest BCUT2D eigenvalue weighted by Crippen LogP contribution is 2.68. The van der Waals surface area contributed by atoms with Gasteiger partial charge in [0.2, 0.25) is 5.79 Å². The first kappa shape index (κ1) is 23.5. The van der Waals surface area contributed by atoms with Gasteiger partial charge in [-0.1, -0.05) is 12.5 Å². The zero-order chi connectivity index (χ0) is 25.1. The lowest BCUT2D eigenvalue weighted by atomic mass is 9.48. The van der Waals surface area contributed by atoms with Gasteiger partial charge in [-0.3, -0.25) is 4.90 Å². The second kappa shape index (κ2) is 7.28. The predicted molar refractivity (Wildman–Crippen MR) is 118 cm³/mol. The molecule has 198 valence electrons. The highest BCUT2D eigenvalue weighted by molar-refractivity contribution is 7.88. The minimum absolute atomic E-state index is 0.0602. The Labute approximate surface area is 206 Å². The first-order chi connectivity index (χ1) is 17.0. The van der Waals surface area contributed by atoms with Crippen molar-refractivity contribution in [1.29, 1.82) is 0 Å². The van der Waals surface area contributed by atoms with Gasteiger partial charge in [0.15, 0.2) is 17.6 Å². The molecule has 8 nitrogen and oxygen atoms in total. The SMILES string of the molecule is O=S(=O)(Oc1ccc2c3c1OC1C4(CCC5(O)[C@@H](C2)N(CC2CCC2)CC[C@]315)OCCO4)C(F)(F)F. The molecule has 1 aromatic carbocycles. The van der Waals surface area contributed by atoms with Crippen molar-refractivity contribution in [2.24, 2.45) is 5.92 Å². The number of hydrogen-bond acceptors (Lipinski definition) is 8. The van der Waals surface area contributed by atoms with Crippen LogP contribution in [-0.2, 0) is 31.4 Å². The van der Waals surface area contributed by atoms with Gasteiger partial charge in [0.25, 0.3) is 0 Å². The standard InChI is InChI=1S/C24H28F3NO7S/c25-24(26,27)36(30,31)35-16-5-4-15-12-17-22(29)6-7-23(32-10-11-33-23)20-21(22,18(15)19(16)34-20)8-9-28(17)13-14-2-1-3-14/h4-5,14,17,20,29H,1-3,6-13H2/t17-,20?,21+,22?/m1/s1. The van der Waals surface area contributed by atoms with Crippen LogP contribution < -0.4 is 8.92 Å². The Balaban J connectivity index is 1.38. The zero-order valence-corrected chi connectivity index (χ0v) is 20.4. The summed E-state index contributed by atoms with van der Waals surface area (Å²) in [5.74, 6) is -1.15. The summed E-state index contributed by atoms with van der Waals surface area (Å²) >= 11 is 0. The van der Waals surface area contributed by atoms with E-state index < -0.39 is 44.3 Å². The molecule has 6 aliphatic rings. The van der Waals surface area contributed by atoms with Crippen molar-refractivity contribution in [1.82, 2.24) is 4.90 Å². The Hall–Kier alpha value is -1.60. The van der Waals surface area contributed by atoms with Gasteiger partial charge in [0.1, 0.15) is 0 Å². The lowest BCUT2D eigenvalue weighted by Crippen LogP contribution is -2.79. The van der Waals surface area contributed by atoms with Gasteiger partial charge in [-0.25, -0.2) is 0 Å². The van der Waals surface area contributed by atoms with Gasteiger partial charge in [-0.2, -0.15) is 21.6 Å². The summed E-state index contributed by atoms with van der Waals surface area (Å²) in [6.45, 7) is 2.26. The van der Waals surface area contributed by atoms with E-state index in [1.165, 1.54) is 25.3 Å². The third-order valence-corrected chi connectivity index (χ3v) is 10.5. The van der Waals surface area contributed by atoms with E-state index in [4.69, 9.17) is 14.2 Å². The number of ether oxygens (including phenoxy) is 3. The fraction of sp³-hybridized carbons (Fsp3) is 0.750. The van der Waals surface area contributed by atoms with Crippen LogP contribution >= 0.6 is 0 Å². The van der Waals surface area contributed by atoms with E-state index in [9.17, 15) is 26.7 Å². The van der Waals surface area contributed by atoms with E-state index >= 15 is 0 Å². The van der Waals surface area contributed by atoms with E-state index in [2.05, 4.69) is 9.08 Å². The molecule has 4 atom stereocenters. The van der Waals surface area contributed by atoms with Crippen molar-refractivity contribution < 1.29 is 45.1 Å². The van der Waals surface area contributed by atoms with Crippen LogP contribution in [0.25, 0.3) is 0 Å². The van der Waals surface area contributed by atoms with Crippen molar-refractivity contribution in [2.45, 2.75) is 79.4 Å². The Morgan fingerprint density at radius 1 is 1.14 bits per heavy atom. The van der Waals surface area contributed by atoms with E-state index in [1.54, 1.807) is 6.07 Å². The van der Waals surface area contributed by atoms with Crippen LogP contribution in [0.5, 0.6) is 11.5 Å². The van der Waals surface area contributed by atoms with Crippen molar-refractivity contribution in [3.63, 3.8) is 0 Å². The molecule has 36 heavy (non-hydrogen) atoms. The molecule has 2 spiro atoms. The summed E-state index contributed by atoms with van der Waals surface area (Å²) in [4.78, 5) is 2.37. The molecule has 3 aliphatic heterocycles. The largest absolute Gasteiger partial charge is 0.534 e. The summed E-state index contributed by atoms with van der Waals surface area (Å²) in [5, 5.41) is 12.5. The minimum Gasteiger partial charge on any atom is -0.479 e. The van der Waals surface area contributed by atoms with Crippen LogP contribution in [0.15, 0.2) is 12.1 Å². The number of piperidine rings is 1. The second-order valence-electron chi connectivity index (χ2n) is 11.1. The van der Waals surface area contributed by atoms with Crippen LogP contribution in [0.4, 0.5) is 13.2 Å².